The second kappa shape index (κ2) is 8.92. The molecule has 0 spiro atoms. The Morgan fingerprint density at radius 3 is 2.71 bits per heavy atom. The van der Waals surface area contributed by atoms with Crippen molar-refractivity contribution in [2.45, 2.75) is 65.1 Å². The molecule has 1 aromatic carbocycles. The van der Waals surface area contributed by atoms with Crippen LogP contribution in [0.3, 0.4) is 0 Å². The first kappa shape index (κ1) is 18.6. The standard InChI is InChI=1S/C19H30N2O3/c1-13(11-14(2)22)12-20-19(23)21-17-9-6-10-18(15(17)3)24-16-7-4-5-8-16/h6,9-10,13-14,16,22H,4-5,7-8,11-12H2,1-3H3,(H2,20,21,23). The molecule has 0 aliphatic heterocycles. The Labute approximate surface area is 144 Å². The molecule has 0 bridgehead atoms. The summed E-state index contributed by atoms with van der Waals surface area (Å²) >= 11 is 0. The predicted octanol–water partition coefficient (Wildman–Crippen LogP) is 3.84. The molecule has 5 heteroatoms. The van der Waals surface area contributed by atoms with Crippen LogP contribution in [-0.2, 0) is 0 Å². The summed E-state index contributed by atoms with van der Waals surface area (Å²) in [6.45, 7) is 6.27. The van der Waals surface area contributed by atoms with E-state index in [1.165, 1.54) is 12.8 Å². The van der Waals surface area contributed by atoms with Crippen molar-refractivity contribution < 1.29 is 14.6 Å². The third-order valence-electron chi connectivity index (χ3n) is 4.48. The van der Waals surface area contributed by atoms with Crippen molar-refractivity contribution in [3.63, 3.8) is 0 Å². The third-order valence-corrected chi connectivity index (χ3v) is 4.48. The molecule has 24 heavy (non-hydrogen) atoms. The number of anilines is 1. The minimum atomic E-state index is -0.350. The van der Waals surface area contributed by atoms with Gasteiger partial charge in [-0.15, -0.1) is 0 Å². The fraction of sp³-hybridized carbons (Fsp3) is 0.632. The van der Waals surface area contributed by atoms with Crippen LogP contribution in [0.1, 0.15) is 51.5 Å². The zero-order valence-electron chi connectivity index (χ0n) is 15.0. The minimum absolute atomic E-state index is 0.228. The molecule has 0 heterocycles. The third kappa shape index (κ3) is 5.71. The molecule has 1 fully saturated rings. The summed E-state index contributed by atoms with van der Waals surface area (Å²) < 4.78 is 6.07. The molecule has 1 saturated carbocycles. The lowest BCUT2D eigenvalue weighted by Gasteiger charge is -2.18. The SMILES string of the molecule is Cc1c(NC(=O)NCC(C)CC(C)O)cccc1OC1CCCC1. The number of amides is 2. The highest BCUT2D eigenvalue weighted by atomic mass is 16.5. The van der Waals surface area contributed by atoms with Crippen molar-refractivity contribution in [1.29, 1.82) is 0 Å². The Hall–Kier alpha value is -1.75. The number of ether oxygens (including phenoxy) is 1. The van der Waals surface area contributed by atoms with Crippen LogP contribution >= 0.6 is 0 Å². The zero-order chi connectivity index (χ0) is 17.5. The summed E-state index contributed by atoms with van der Waals surface area (Å²) in [6.07, 6.45) is 5.30. The number of rotatable bonds is 7. The smallest absolute Gasteiger partial charge is 0.319 e. The quantitative estimate of drug-likeness (QED) is 0.709. The number of nitrogens with one attached hydrogen (secondary N) is 2. The first-order valence-corrected chi connectivity index (χ1v) is 8.95. The molecule has 2 rings (SSSR count). The summed E-state index contributed by atoms with van der Waals surface area (Å²) in [5.74, 6) is 1.08. The van der Waals surface area contributed by atoms with Gasteiger partial charge in [0.1, 0.15) is 5.75 Å². The van der Waals surface area contributed by atoms with Gasteiger partial charge in [-0.05, 0) is 64.0 Å². The van der Waals surface area contributed by atoms with Crippen molar-refractivity contribution in [2.75, 3.05) is 11.9 Å². The van der Waals surface area contributed by atoms with Crippen molar-refractivity contribution in [3.8, 4) is 5.75 Å². The van der Waals surface area contributed by atoms with Crippen LogP contribution < -0.4 is 15.4 Å². The number of hydrogen-bond acceptors (Lipinski definition) is 3. The number of aliphatic hydroxyl groups is 1. The van der Waals surface area contributed by atoms with E-state index >= 15 is 0 Å². The Balaban J connectivity index is 1.88. The first-order valence-electron chi connectivity index (χ1n) is 8.95. The van der Waals surface area contributed by atoms with Gasteiger partial charge in [-0.1, -0.05) is 13.0 Å². The van der Waals surface area contributed by atoms with Crippen molar-refractivity contribution in [2.24, 2.45) is 5.92 Å². The Morgan fingerprint density at radius 1 is 1.33 bits per heavy atom. The highest BCUT2D eigenvalue weighted by molar-refractivity contribution is 5.90. The van der Waals surface area contributed by atoms with Crippen LogP contribution in [0.5, 0.6) is 5.75 Å². The monoisotopic (exact) mass is 334 g/mol. The molecule has 134 valence electrons. The van der Waals surface area contributed by atoms with E-state index in [1.54, 1.807) is 6.92 Å². The van der Waals surface area contributed by atoms with Gasteiger partial charge in [0.05, 0.1) is 12.2 Å². The second-order valence-corrected chi connectivity index (χ2v) is 6.98. The van der Waals surface area contributed by atoms with Crippen molar-refractivity contribution in [3.05, 3.63) is 23.8 Å². The number of urea groups is 1. The summed E-state index contributed by atoms with van der Waals surface area (Å²) in [5, 5.41) is 15.1. The maximum Gasteiger partial charge on any atom is 0.319 e. The molecule has 1 aromatic rings. The molecule has 0 saturated heterocycles. The second-order valence-electron chi connectivity index (χ2n) is 6.98. The van der Waals surface area contributed by atoms with Crippen LogP contribution in [0.4, 0.5) is 10.5 Å². The number of hydrogen-bond donors (Lipinski definition) is 3. The molecule has 2 unspecified atom stereocenters. The van der Waals surface area contributed by atoms with Gasteiger partial charge in [-0.25, -0.2) is 4.79 Å². The first-order chi connectivity index (χ1) is 11.5. The molecule has 3 N–H and O–H groups in total. The van der Waals surface area contributed by atoms with Gasteiger partial charge in [0.25, 0.3) is 0 Å². The van der Waals surface area contributed by atoms with Gasteiger partial charge in [-0.2, -0.15) is 0 Å². The highest BCUT2D eigenvalue weighted by Crippen LogP contribution is 2.30. The molecule has 5 nitrogen and oxygen atoms in total. The summed E-state index contributed by atoms with van der Waals surface area (Å²) in [4.78, 5) is 12.1. The van der Waals surface area contributed by atoms with Crippen molar-refractivity contribution >= 4 is 11.7 Å². The van der Waals surface area contributed by atoms with Crippen LogP contribution in [0.25, 0.3) is 0 Å². The molecule has 1 aliphatic carbocycles. The fourth-order valence-electron chi connectivity index (χ4n) is 3.16. The lowest BCUT2D eigenvalue weighted by Crippen LogP contribution is -2.33. The van der Waals surface area contributed by atoms with Gasteiger partial charge < -0.3 is 20.5 Å². The van der Waals surface area contributed by atoms with E-state index in [-0.39, 0.29) is 18.1 Å². The Morgan fingerprint density at radius 2 is 2.04 bits per heavy atom. The van der Waals surface area contributed by atoms with Crippen LogP contribution in [0, 0.1) is 12.8 Å². The number of carbonyl (C=O) groups is 1. The number of aliphatic hydroxyl groups excluding tert-OH is 1. The molecule has 2 atom stereocenters. The van der Waals surface area contributed by atoms with Crippen LogP contribution in [-0.4, -0.2) is 29.9 Å². The van der Waals surface area contributed by atoms with Crippen LogP contribution in [0.15, 0.2) is 18.2 Å². The average molecular weight is 334 g/mol. The summed E-state index contributed by atoms with van der Waals surface area (Å²) in [7, 11) is 0. The average Bonchev–Trinajstić information content (AvgIpc) is 3.02. The van der Waals surface area contributed by atoms with E-state index in [9.17, 15) is 9.90 Å². The minimum Gasteiger partial charge on any atom is -0.490 e. The highest BCUT2D eigenvalue weighted by Gasteiger charge is 2.18. The fourth-order valence-corrected chi connectivity index (χ4v) is 3.16. The van der Waals surface area contributed by atoms with E-state index in [2.05, 4.69) is 10.6 Å². The van der Waals surface area contributed by atoms with Gasteiger partial charge in [0.2, 0.25) is 0 Å². The number of benzene rings is 1. The molecule has 0 radical (unpaired) electrons. The zero-order valence-corrected chi connectivity index (χ0v) is 15.0. The Bertz CT molecular complexity index is 539. The molecular formula is C19H30N2O3. The van der Waals surface area contributed by atoms with E-state index in [0.29, 0.717) is 19.1 Å². The predicted molar refractivity (Wildman–Crippen MR) is 96.5 cm³/mol. The lowest BCUT2D eigenvalue weighted by atomic mass is 10.1. The maximum atomic E-state index is 12.1. The van der Waals surface area contributed by atoms with Gasteiger partial charge >= 0.3 is 6.03 Å². The van der Waals surface area contributed by atoms with Gasteiger partial charge in [0.15, 0.2) is 0 Å². The maximum absolute atomic E-state index is 12.1. The van der Waals surface area contributed by atoms with Gasteiger partial charge in [-0.3, -0.25) is 0 Å². The Kier molecular flexibility index (Phi) is 6.91. The largest absolute Gasteiger partial charge is 0.490 e. The summed E-state index contributed by atoms with van der Waals surface area (Å²) in [6, 6.07) is 5.52. The van der Waals surface area contributed by atoms with E-state index < -0.39 is 0 Å². The van der Waals surface area contributed by atoms with Crippen LogP contribution in [0.2, 0.25) is 0 Å². The molecule has 1 aliphatic rings. The van der Waals surface area contributed by atoms with E-state index in [1.807, 2.05) is 32.0 Å². The van der Waals surface area contributed by atoms with Gasteiger partial charge in [0, 0.05) is 17.8 Å². The summed E-state index contributed by atoms with van der Waals surface area (Å²) in [5.41, 5.74) is 1.72. The van der Waals surface area contributed by atoms with E-state index in [4.69, 9.17) is 4.74 Å². The lowest BCUT2D eigenvalue weighted by molar-refractivity contribution is 0.163. The van der Waals surface area contributed by atoms with Crippen molar-refractivity contribution in [1.82, 2.24) is 5.32 Å². The molecule has 2 amide bonds. The molecular weight excluding hydrogens is 304 g/mol. The topological polar surface area (TPSA) is 70.6 Å². The van der Waals surface area contributed by atoms with E-state index in [0.717, 1.165) is 29.8 Å². The normalized spacial score (nSPS) is 17.3. The molecule has 0 aromatic heterocycles. The number of carbonyl (C=O) groups excluding carboxylic acids is 1.